The fourth-order valence-electron chi connectivity index (χ4n) is 2.03. The molecular weight excluding hydrogens is 260 g/mol. The summed E-state index contributed by atoms with van der Waals surface area (Å²) in [7, 11) is 0. The Hall–Kier alpha value is -1.99. The number of nitrogens with zero attached hydrogens (tertiary/aromatic N) is 3. The van der Waals surface area contributed by atoms with Gasteiger partial charge in [0.1, 0.15) is 0 Å². The van der Waals surface area contributed by atoms with Gasteiger partial charge in [-0.05, 0) is 19.0 Å². The lowest BCUT2D eigenvalue weighted by Gasteiger charge is -2.12. The number of hydrogen-bond donors (Lipinski definition) is 2. The van der Waals surface area contributed by atoms with E-state index in [0.29, 0.717) is 18.6 Å². The van der Waals surface area contributed by atoms with E-state index in [-0.39, 0.29) is 5.69 Å². The second-order valence-corrected chi connectivity index (χ2v) is 4.68. The molecule has 0 aliphatic carbocycles. The molecule has 0 aliphatic rings. The van der Waals surface area contributed by atoms with Crippen LogP contribution in [0.25, 0.3) is 10.9 Å². The number of aliphatic hydroxyl groups is 1. The molecule has 0 saturated heterocycles. The van der Waals surface area contributed by atoms with Crippen molar-refractivity contribution >= 4 is 16.6 Å². The van der Waals surface area contributed by atoms with Crippen LogP contribution in [0.2, 0.25) is 0 Å². The number of nitrogens with one attached hydrogen (secondary N) is 1. The van der Waals surface area contributed by atoms with E-state index < -0.39 is 11.0 Å². The van der Waals surface area contributed by atoms with Crippen LogP contribution in [0.15, 0.2) is 24.4 Å². The Morgan fingerprint density at radius 1 is 1.55 bits per heavy atom. The molecule has 2 rings (SSSR count). The van der Waals surface area contributed by atoms with Crippen LogP contribution in [0.3, 0.4) is 0 Å². The molecule has 20 heavy (non-hydrogen) atoms. The minimum absolute atomic E-state index is 0.0258. The van der Waals surface area contributed by atoms with Gasteiger partial charge in [-0.1, -0.05) is 6.92 Å². The van der Waals surface area contributed by atoms with E-state index in [1.54, 1.807) is 16.9 Å². The van der Waals surface area contributed by atoms with Crippen molar-refractivity contribution in [3.05, 3.63) is 34.5 Å². The molecule has 0 amide bonds. The largest absolute Gasteiger partial charge is 0.390 e. The topological polar surface area (TPSA) is 93.2 Å². The first kappa shape index (κ1) is 14.4. The molecule has 0 bridgehead atoms. The van der Waals surface area contributed by atoms with E-state index in [0.717, 1.165) is 18.4 Å². The average molecular weight is 278 g/mol. The van der Waals surface area contributed by atoms with Gasteiger partial charge in [0.15, 0.2) is 0 Å². The molecule has 2 aromatic rings. The van der Waals surface area contributed by atoms with Gasteiger partial charge in [0, 0.05) is 24.1 Å². The highest BCUT2D eigenvalue weighted by Gasteiger charge is 2.12. The molecule has 1 aromatic heterocycles. The molecule has 1 heterocycles. The van der Waals surface area contributed by atoms with Crippen molar-refractivity contribution in [3.63, 3.8) is 0 Å². The average Bonchev–Trinajstić information content (AvgIpc) is 2.81. The summed E-state index contributed by atoms with van der Waals surface area (Å²) in [6.45, 7) is 3.69. The molecule has 0 aliphatic heterocycles. The highest BCUT2D eigenvalue weighted by Crippen LogP contribution is 2.20. The Labute approximate surface area is 116 Å². The molecule has 0 radical (unpaired) electrons. The molecular formula is C13H18N4O3. The van der Waals surface area contributed by atoms with E-state index in [1.165, 1.54) is 12.1 Å². The molecule has 7 heteroatoms. The van der Waals surface area contributed by atoms with Crippen molar-refractivity contribution in [1.29, 1.82) is 0 Å². The summed E-state index contributed by atoms with van der Waals surface area (Å²) in [5.41, 5.74) is 0.687. The van der Waals surface area contributed by atoms with Gasteiger partial charge in [-0.25, -0.2) is 0 Å². The zero-order valence-corrected chi connectivity index (χ0v) is 11.3. The maximum absolute atomic E-state index is 10.8. The van der Waals surface area contributed by atoms with Gasteiger partial charge in [-0.15, -0.1) is 0 Å². The highest BCUT2D eigenvalue weighted by atomic mass is 16.6. The van der Waals surface area contributed by atoms with Crippen LogP contribution in [-0.4, -0.2) is 39.0 Å². The first-order valence-corrected chi connectivity index (χ1v) is 6.60. The van der Waals surface area contributed by atoms with Gasteiger partial charge in [0.25, 0.3) is 5.69 Å². The highest BCUT2D eigenvalue weighted by molar-refractivity contribution is 5.80. The second-order valence-electron chi connectivity index (χ2n) is 4.68. The van der Waals surface area contributed by atoms with E-state index >= 15 is 0 Å². The van der Waals surface area contributed by atoms with Crippen molar-refractivity contribution < 1.29 is 10.0 Å². The zero-order valence-electron chi connectivity index (χ0n) is 11.3. The summed E-state index contributed by atoms with van der Waals surface area (Å²) < 4.78 is 1.60. The summed E-state index contributed by atoms with van der Waals surface area (Å²) in [5.74, 6) is 0. The summed E-state index contributed by atoms with van der Waals surface area (Å²) >= 11 is 0. The quantitative estimate of drug-likeness (QED) is 0.452. The standard InChI is InChI=1S/C13H18N4O3/c1-2-5-14-8-12(18)9-16-13-6-11(17(19)20)4-3-10(13)7-15-16/h3-4,6-7,12,14,18H,2,5,8-9H2,1H3. The number of nitro benzene ring substituents is 1. The number of aromatic nitrogens is 2. The van der Waals surface area contributed by atoms with Crippen molar-refractivity contribution in [2.24, 2.45) is 0 Å². The fraction of sp³-hybridized carbons (Fsp3) is 0.462. The lowest BCUT2D eigenvalue weighted by atomic mass is 10.2. The molecule has 0 saturated carbocycles. The van der Waals surface area contributed by atoms with Crippen LogP contribution >= 0.6 is 0 Å². The Morgan fingerprint density at radius 2 is 2.35 bits per heavy atom. The van der Waals surface area contributed by atoms with Gasteiger partial charge in [-0.2, -0.15) is 5.10 Å². The molecule has 0 fully saturated rings. The van der Waals surface area contributed by atoms with Crippen LogP contribution in [0.4, 0.5) is 5.69 Å². The minimum Gasteiger partial charge on any atom is -0.390 e. The van der Waals surface area contributed by atoms with Crippen molar-refractivity contribution in [3.8, 4) is 0 Å². The lowest BCUT2D eigenvalue weighted by molar-refractivity contribution is -0.384. The molecule has 1 atom stereocenters. The molecule has 2 N–H and O–H groups in total. The molecule has 7 nitrogen and oxygen atoms in total. The number of non-ortho nitro benzene ring substituents is 1. The maximum atomic E-state index is 10.8. The second kappa shape index (κ2) is 6.44. The fourth-order valence-corrected chi connectivity index (χ4v) is 2.03. The third-order valence-corrected chi connectivity index (χ3v) is 3.03. The smallest absolute Gasteiger partial charge is 0.271 e. The molecule has 0 spiro atoms. The van der Waals surface area contributed by atoms with Crippen molar-refractivity contribution in [2.45, 2.75) is 26.0 Å². The van der Waals surface area contributed by atoms with Gasteiger partial charge >= 0.3 is 0 Å². The van der Waals surface area contributed by atoms with Gasteiger partial charge in [0.2, 0.25) is 0 Å². The monoisotopic (exact) mass is 278 g/mol. The van der Waals surface area contributed by atoms with Crippen LogP contribution in [-0.2, 0) is 6.54 Å². The molecule has 1 unspecified atom stereocenters. The molecule has 108 valence electrons. The third kappa shape index (κ3) is 3.31. The van der Waals surface area contributed by atoms with Crippen LogP contribution in [0.5, 0.6) is 0 Å². The number of hydrogen-bond acceptors (Lipinski definition) is 5. The number of rotatable bonds is 7. The predicted molar refractivity (Wildman–Crippen MR) is 75.6 cm³/mol. The van der Waals surface area contributed by atoms with Crippen LogP contribution in [0, 0.1) is 10.1 Å². The van der Waals surface area contributed by atoms with Gasteiger partial charge < -0.3 is 10.4 Å². The number of aliphatic hydroxyl groups excluding tert-OH is 1. The minimum atomic E-state index is -0.580. The number of fused-ring (bicyclic) bond motifs is 1. The van der Waals surface area contributed by atoms with Crippen LogP contribution < -0.4 is 5.32 Å². The Bertz CT molecular complexity index is 596. The summed E-state index contributed by atoms with van der Waals surface area (Å²) in [6.07, 6.45) is 2.07. The van der Waals surface area contributed by atoms with E-state index in [1.807, 2.05) is 0 Å². The Kier molecular flexibility index (Phi) is 4.65. The lowest BCUT2D eigenvalue weighted by Crippen LogP contribution is -2.31. The van der Waals surface area contributed by atoms with Crippen LogP contribution in [0.1, 0.15) is 13.3 Å². The predicted octanol–water partition coefficient (Wildman–Crippen LogP) is 1.30. The zero-order chi connectivity index (χ0) is 14.5. The molecule has 1 aromatic carbocycles. The Morgan fingerprint density at radius 3 is 3.05 bits per heavy atom. The first-order valence-electron chi connectivity index (χ1n) is 6.60. The number of nitro groups is 1. The van der Waals surface area contributed by atoms with Gasteiger partial charge in [0.05, 0.1) is 29.3 Å². The first-order chi connectivity index (χ1) is 9.61. The third-order valence-electron chi connectivity index (χ3n) is 3.03. The summed E-state index contributed by atoms with van der Waals surface area (Å²) in [6, 6.07) is 4.60. The summed E-state index contributed by atoms with van der Waals surface area (Å²) in [4.78, 5) is 10.4. The normalized spacial score (nSPS) is 12.7. The SMILES string of the molecule is CCCNCC(O)Cn1ncc2ccc([N+](=O)[O-])cc21. The van der Waals surface area contributed by atoms with Gasteiger partial charge in [-0.3, -0.25) is 14.8 Å². The van der Waals surface area contributed by atoms with Crippen molar-refractivity contribution in [1.82, 2.24) is 15.1 Å². The maximum Gasteiger partial charge on any atom is 0.271 e. The van der Waals surface area contributed by atoms with E-state index in [9.17, 15) is 15.2 Å². The summed E-state index contributed by atoms with van der Waals surface area (Å²) in [5, 5.41) is 28.8. The van der Waals surface area contributed by atoms with E-state index in [4.69, 9.17) is 0 Å². The number of benzene rings is 1. The van der Waals surface area contributed by atoms with E-state index in [2.05, 4.69) is 17.3 Å². The van der Waals surface area contributed by atoms with Crippen molar-refractivity contribution in [2.75, 3.05) is 13.1 Å². The Balaban J connectivity index is 2.13.